The van der Waals surface area contributed by atoms with Crippen molar-refractivity contribution >= 4 is 73.9 Å². The summed E-state index contributed by atoms with van der Waals surface area (Å²) in [4.78, 5) is 69.1. The van der Waals surface area contributed by atoms with Crippen LogP contribution in [-0.2, 0) is 19.4 Å². The summed E-state index contributed by atoms with van der Waals surface area (Å²) in [6, 6.07) is 16.2. The Labute approximate surface area is 396 Å². The van der Waals surface area contributed by atoms with Crippen LogP contribution in [0.15, 0.2) is 65.7 Å². The minimum atomic E-state index is -3.58. The number of rotatable bonds is 13. The van der Waals surface area contributed by atoms with E-state index < -0.39 is 44.8 Å². The zero-order valence-corrected chi connectivity index (χ0v) is 40.1. The van der Waals surface area contributed by atoms with E-state index in [-0.39, 0.29) is 40.6 Å². The number of hydrogen-bond donors (Lipinski definition) is 3. The molecule has 18 heteroatoms. The summed E-state index contributed by atoms with van der Waals surface area (Å²) < 4.78 is 32.6. The van der Waals surface area contributed by atoms with Crippen molar-refractivity contribution in [1.82, 2.24) is 30.0 Å². The fraction of sp³-hybridized carbons (Fsp3) is 0.469. The van der Waals surface area contributed by atoms with Crippen molar-refractivity contribution in [3.63, 3.8) is 0 Å². The minimum absolute atomic E-state index is 0.0821. The molecule has 0 spiro atoms. The number of benzene rings is 3. The van der Waals surface area contributed by atoms with Crippen molar-refractivity contribution in [2.75, 3.05) is 54.8 Å². The van der Waals surface area contributed by atoms with Gasteiger partial charge in [0.15, 0.2) is 15.7 Å². The summed E-state index contributed by atoms with van der Waals surface area (Å²) in [5.41, 5.74) is 4.89. The first-order chi connectivity index (χ1) is 32.1. The summed E-state index contributed by atoms with van der Waals surface area (Å²) >= 11 is 6.54. The summed E-state index contributed by atoms with van der Waals surface area (Å²) in [7, 11) is -3.58. The molecule has 5 aliphatic rings. The van der Waals surface area contributed by atoms with E-state index in [2.05, 4.69) is 59.7 Å². The smallest absolute Gasteiger partial charge is 0.264 e. The topological polar surface area (TPSA) is 186 Å². The molecule has 354 valence electrons. The van der Waals surface area contributed by atoms with E-state index in [9.17, 15) is 27.6 Å². The summed E-state index contributed by atoms with van der Waals surface area (Å²) in [6.45, 7) is 15.0. The number of carbonyl (C=O) groups excluding carboxylic acids is 4. The van der Waals surface area contributed by atoms with E-state index in [0.29, 0.717) is 40.6 Å². The Kier molecular flexibility index (Phi) is 13.1. The van der Waals surface area contributed by atoms with Crippen molar-refractivity contribution < 1.29 is 32.3 Å². The zero-order chi connectivity index (χ0) is 47.3. The van der Waals surface area contributed by atoms with E-state index in [1.165, 1.54) is 11.8 Å². The molecule has 5 aliphatic heterocycles. The van der Waals surface area contributed by atoms with Crippen molar-refractivity contribution in [2.45, 2.75) is 113 Å². The largest absolute Gasteiger partial charge is 0.489 e. The highest BCUT2D eigenvalue weighted by atomic mass is 35.5. The highest BCUT2D eigenvalue weighted by Crippen LogP contribution is 2.41. The number of hydrogen-bond acceptors (Lipinski definition) is 14. The number of piperidine rings is 3. The molecule has 0 bridgehead atoms. The van der Waals surface area contributed by atoms with Crippen LogP contribution in [0.5, 0.6) is 5.75 Å². The van der Waals surface area contributed by atoms with Gasteiger partial charge in [0.1, 0.15) is 16.8 Å². The molecule has 4 saturated heterocycles. The highest BCUT2D eigenvalue weighted by molar-refractivity contribution is 7.92. The molecule has 4 aromatic rings. The molecule has 1 unspecified atom stereocenters. The van der Waals surface area contributed by atoms with Gasteiger partial charge in [-0.15, -0.1) is 0 Å². The van der Waals surface area contributed by atoms with Crippen LogP contribution in [0.25, 0.3) is 0 Å². The Bertz CT molecular complexity index is 2710. The van der Waals surface area contributed by atoms with Crippen LogP contribution in [0.4, 0.5) is 28.8 Å². The number of anilines is 5. The standard InChI is InChI=1S/C49H58ClN9O7S/c1-28(2)66-41-24-35(30(5)23-38(41)53-49-51-25-36(50)45(55-49)52-37-10-6-7-12-42(37)67(64,65)29(3)4)31-15-19-56(20-16-31)32-17-21-57(22-18-32)33-26-58(27-33)39-11-8-9-34-44(39)48(63)59(47(34)62)40-13-14-43(60)54-46(40)61/h6-12,23-25,28-29,31-33,40H,13-22,26-27H2,1-5H3,(H,54,60,61)(H2,51,52,53,55). The van der Waals surface area contributed by atoms with Crippen LogP contribution in [0.3, 0.4) is 0 Å². The van der Waals surface area contributed by atoms with Crippen LogP contribution >= 0.6 is 11.6 Å². The number of halogens is 1. The Hall–Kier alpha value is -5.62. The first kappa shape index (κ1) is 46.5. The van der Waals surface area contributed by atoms with Crippen LogP contribution in [0.1, 0.15) is 104 Å². The van der Waals surface area contributed by atoms with Gasteiger partial charge >= 0.3 is 0 Å². The number of sulfone groups is 1. The SMILES string of the molecule is Cc1cc(Nc2ncc(Cl)c(Nc3ccccc3S(=O)(=O)C(C)C)n2)c(OC(C)C)cc1C1CCN(C2CCN(C3CN(c4cccc5c4C(=O)N(C4CCC(=O)NC4=O)C5=O)C3)CC2)CC1. The van der Waals surface area contributed by atoms with Crippen LogP contribution in [0.2, 0.25) is 5.02 Å². The number of para-hydroxylation sites is 1. The Morgan fingerprint density at radius 1 is 0.821 bits per heavy atom. The summed E-state index contributed by atoms with van der Waals surface area (Å²) in [5.74, 6) is -0.326. The maximum Gasteiger partial charge on any atom is 0.264 e. The van der Waals surface area contributed by atoms with E-state index in [1.807, 2.05) is 19.9 Å². The number of aromatic nitrogens is 2. The van der Waals surface area contributed by atoms with Gasteiger partial charge in [-0.05, 0) is 133 Å². The molecule has 4 fully saturated rings. The number of imide groups is 2. The van der Waals surface area contributed by atoms with E-state index in [1.54, 1.807) is 50.2 Å². The summed E-state index contributed by atoms with van der Waals surface area (Å²) in [5, 5.41) is 8.38. The second kappa shape index (κ2) is 18.8. The maximum absolute atomic E-state index is 13.7. The average molecular weight is 953 g/mol. The van der Waals surface area contributed by atoms with Gasteiger partial charge in [-0.1, -0.05) is 29.8 Å². The van der Waals surface area contributed by atoms with E-state index in [0.717, 1.165) is 86.8 Å². The van der Waals surface area contributed by atoms with Gasteiger partial charge < -0.3 is 25.2 Å². The molecule has 16 nitrogen and oxygen atoms in total. The monoisotopic (exact) mass is 951 g/mol. The number of likely N-dealkylation sites (tertiary alicyclic amines) is 2. The lowest BCUT2D eigenvalue weighted by Gasteiger charge is -2.50. The Balaban J connectivity index is 0.795. The number of carbonyl (C=O) groups is 4. The van der Waals surface area contributed by atoms with Crippen molar-refractivity contribution in [3.05, 3.63) is 88.1 Å². The molecule has 1 aromatic heterocycles. The lowest BCUT2D eigenvalue weighted by Crippen LogP contribution is -2.62. The van der Waals surface area contributed by atoms with Crippen LogP contribution in [-0.4, -0.2) is 125 Å². The number of nitrogens with zero attached hydrogens (tertiary/aromatic N) is 6. The highest BCUT2D eigenvalue weighted by Gasteiger charge is 2.47. The molecular weight excluding hydrogens is 894 g/mol. The zero-order valence-electron chi connectivity index (χ0n) is 38.6. The van der Waals surface area contributed by atoms with Gasteiger partial charge in [-0.3, -0.25) is 34.3 Å². The number of ether oxygens (including phenoxy) is 1. The molecule has 9 rings (SSSR count). The lowest BCUT2D eigenvalue weighted by atomic mass is 9.85. The van der Waals surface area contributed by atoms with Gasteiger partial charge in [0.25, 0.3) is 11.8 Å². The second-order valence-electron chi connectivity index (χ2n) is 18.9. The van der Waals surface area contributed by atoms with E-state index >= 15 is 0 Å². The molecule has 4 amide bonds. The van der Waals surface area contributed by atoms with Crippen molar-refractivity contribution in [2.24, 2.45) is 0 Å². The van der Waals surface area contributed by atoms with Gasteiger partial charge in [0.05, 0.1) is 50.6 Å². The van der Waals surface area contributed by atoms with Gasteiger partial charge in [-0.25, -0.2) is 13.4 Å². The third-order valence-corrected chi connectivity index (χ3v) is 16.4. The van der Waals surface area contributed by atoms with Crippen molar-refractivity contribution in [1.29, 1.82) is 0 Å². The van der Waals surface area contributed by atoms with Gasteiger partial charge in [0, 0.05) is 44.7 Å². The molecular formula is C49H58ClN9O7S. The second-order valence-corrected chi connectivity index (χ2v) is 21.8. The normalized spacial score (nSPS) is 20.4. The lowest BCUT2D eigenvalue weighted by molar-refractivity contribution is -0.136. The predicted molar refractivity (Wildman–Crippen MR) is 257 cm³/mol. The fourth-order valence-corrected chi connectivity index (χ4v) is 11.6. The molecule has 0 aliphatic carbocycles. The third kappa shape index (κ3) is 9.22. The molecule has 1 atom stereocenters. The summed E-state index contributed by atoms with van der Waals surface area (Å²) in [6.07, 6.45) is 5.88. The Morgan fingerprint density at radius 2 is 1.52 bits per heavy atom. The molecule has 67 heavy (non-hydrogen) atoms. The number of amides is 4. The number of fused-ring (bicyclic) bond motifs is 1. The minimum Gasteiger partial charge on any atom is -0.489 e. The molecule has 0 radical (unpaired) electrons. The third-order valence-electron chi connectivity index (χ3n) is 13.9. The molecule has 3 N–H and O–H groups in total. The maximum atomic E-state index is 13.7. The Morgan fingerprint density at radius 3 is 2.22 bits per heavy atom. The molecule has 3 aromatic carbocycles. The predicted octanol–water partition coefficient (Wildman–Crippen LogP) is 6.83. The first-order valence-corrected chi connectivity index (χ1v) is 25.3. The molecule has 6 heterocycles. The van der Waals surface area contributed by atoms with E-state index in [4.69, 9.17) is 16.3 Å². The first-order valence-electron chi connectivity index (χ1n) is 23.4. The number of nitrogens with one attached hydrogen (secondary N) is 3. The molecule has 0 saturated carbocycles. The van der Waals surface area contributed by atoms with Gasteiger partial charge in [0.2, 0.25) is 17.8 Å². The number of aryl methyl sites for hydroxylation is 1. The van der Waals surface area contributed by atoms with Crippen LogP contribution < -0.4 is 25.6 Å². The fourth-order valence-electron chi connectivity index (χ4n) is 10.3. The average Bonchev–Trinajstić information content (AvgIpc) is 3.54. The quantitative estimate of drug-likeness (QED) is 0.118. The van der Waals surface area contributed by atoms with Crippen LogP contribution in [0, 0.1) is 6.92 Å². The van der Waals surface area contributed by atoms with Crippen molar-refractivity contribution in [3.8, 4) is 5.75 Å². The van der Waals surface area contributed by atoms with Gasteiger partial charge in [-0.2, -0.15) is 4.98 Å².